The molecule has 3 aromatic heterocycles. The molecule has 0 amide bonds. The summed E-state index contributed by atoms with van der Waals surface area (Å²) in [4.78, 5) is 6.29. The number of furan rings is 1. The Morgan fingerprint density at radius 1 is 1.31 bits per heavy atom. The van der Waals surface area contributed by atoms with E-state index in [2.05, 4.69) is 31.6 Å². The molecule has 136 valence electrons. The molecule has 1 unspecified atom stereocenters. The van der Waals surface area contributed by atoms with Gasteiger partial charge in [0.15, 0.2) is 11.6 Å². The molecule has 4 heterocycles. The van der Waals surface area contributed by atoms with E-state index in [0.717, 1.165) is 37.4 Å². The van der Waals surface area contributed by atoms with Crippen molar-refractivity contribution in [1.82, 2.24) is 24.6 Å². The van der Waals surface area contributed by atoms with Crippen LogP contribution in [0.2, 0.25) is 0 Å². The van der Waals surface area contributed by atoms with Crippen LogP contribution in [0, 0.1) is 5.82 Å². The molecule has 1 atom stereocenters. The maximum Gasteiger partial charge on any atom is 0.250 e. The molecule has 0 spiro atoms. The van der Waals surface area contributed by atoms with E-state index in [0.29, 0.717) is 11.9 Å². The van der Waals surface area contributed by atoms with Crippen molar-refractivity contribution < 1.29 is 13.5 Å². The number of hydrogen-bond acceptors (Lipinski definition) is 6. The van der Waals surface area contributed by atoms with Crippen LogP contribution >= 0.6 is 0 Å². The highest BCUT2D eigenvalue weighted by Gasteiger charge is 2.24. The summed E-state index contributed by atoms with van der Waals surface area (Å²) in [7, 11) is 0. The summed E-state index contributed by atoms with van der Waals surface area (Å²) in [5, 5.41) is 8.53. The SMILES string of the molecule is CC1Cc2nnc(COc3ncccc3F)n2CCN1Cc1ccoc1. The minimum absolute atomic E-state index is 0.0200. The predicted molar refractivity (Wildman–Crippen MR) is 90.8 cm³/mol. The van der Waals surface area contributed by atoms with Crippen LogP contribution in [0.15, 0.2) is 41.3 Å². The summed E-state index contributed by atoms with van der Waals surface area (Å²) < 4.78 is 26.4. The third-order valence-electron chi connectivity index (χ3n) is 4.64. The number of halogens is 1. The number of rotatable bonds is 5. The first kappa shape index (κ1) is 16.7. The largest absolute Gasteiger partial charge is 0.472 e. The Morgan fingerprint density at radius 3 is 3.04 bits per heavy atom. The highest BCUT2D eigenvalue weighted by molar-refractivity contribution is 5.13. The second kappa shape index (κ2) is 7.25. The second-order valence-corrected chi connectivity index (χ2v) is 6.42. The Morgan fingerprint density at radius 2 is 2.23 bits per heavy atom. The van der Waals surface area contributed by atoms with E-state index in [-0.39, 0.29) is 12.5 Å². The average Bonchev–Trinajstić information content (AvgIpc) is 3.25. The number of aromatic nitrogens is 4. The molecular weight excluding hydrogens is 337 g/mol. The number of hydrogen-bond donors (Lipinski definition) is 0. The first-order chi connectivity index (χ1) is 12.7. The van der Waals surface area contributed by atoms with Crippen molar-refractivity contribution in [2.45, 2.75) is 39.1 Å². The molecule has 0 aliphatic carbocycles. The molecule has 7 nitrogen and oxygen atoms in total. The lowest BCUT2D eigenvalue weighted by Gasteiger charge is -2.25. The molecule has 0 radical (unpaired) electrons. The smallest absolute Gasteiger partial charge is 0.250 e. The fraction of sp³-hybridized carbons (Fsp3) is 0.389. The maximum atomic E-state index is 13.7. The zero-order chi connectivity index (χ0) is 17.9. The molecule has 0 fully saturated rings. The van der Waals surface area contributed by atoms with Crippen LogP contribution in [0.3, 0.4) is 0 Å². The molecule has 26 heavy (non-hydrogen) atoms. The Hall–Kier alpha value is -2.74. The van der Waals surface area contributed by atoms with Gasteiger partial charge >= 0.3 is 0 Å². The zero-order valence-corrected chi connectivity index (χ0v) is 14.5. The van der Waals surface area contributed by atoms with Gasteiger partial charge in [-0.2, -0.15) is 0 Å². The van der Waals surface area contributed by atoms with Gasteiger partial charge in [0.1, 0.15) is 12.4 Å². The Labute approximate surface area is 150 Å². The van der Waals surface area contributed by atoms with Crippen LogP contribution in [0.1, 0.15) is 24.1 Å². The van der Waals surface area contributed by atoms with E-state index >= 15 is 0 Å². The fourth-order valence-electron chi connectivity index (χ4n) is 3.19. The third kappa shape index (κ3) is 3.45. The number of nitrogens with zero attached hydrogens (tertiary/aromatic N) is 5. The molecule has 1 aliphatic rings. The highest BCUT2D eigenvalue weighted by atomic mass is 19.1. The van der Waals surface area contributed by atoms with E-state index in [4.69, 9.17) is 9.15 Å². The molecule has 3 aromatic rings. The number of fused-ring (bicyclic) bond motifs is 1. The summed E-state index contributed by atoms with van der Waals surface area (Å²) in [5.41, 5.74) is 1.16. The van der Waals surface area contributed by atoms with Crippen molar-refractivity contribution >= 4 is 0 Å². The summed E-state index contributed by atoms with van der Waals surface area (Å²) in [5.74, 6) is 1.10. The van der Waals surface area contributed by atoms with Crippen LogP contribution in [-0.4, -0.2) is 37.2 Å². The summed E-state index contributed by atoms with van der Waals surface area (Å²) in [6, 6.07) is 5.17. The lowest BCUT2D eigenvalue weighted by atomic mass is 10.2. The van der Waals surface area contributed by atoms with Gasteiger partial charge in [0.2, 0.25) is 0 Å². The predicted octanol–water partition coefficient (Wildman–Crippen LogP) is 2.43. The minimum atomic E-state index is -0.483. The lowest BCUT2D eigenvalue weighted by molar-refractivity contribution is 0.200. The van der Waals surface area contributed by atoms with Gasteiger partial charge in [0, 0.05) is 43.9 Å². The quantitative estimate of drug-likeness (QED) is 0.699. The van der Waals surface area contributed by atoms with Gasteiger partial charge in [-0.3, -0.25) is 4.90 Å². The van der Waals surface area contributed by atoms with Crippen molar-refractivity contribution in [3.8, 4) is 5.88 Å². The zero-order valence-electron chi connectivity index (χ0n) is 14.5. The molecule has 0 N–H and O–H groups in total. The fourth-order valence-corrected chi connectivity index (χ4v) is 3.19. The van der Waals surface area contributed by atoms with E-state index in [1.54, 1.807) is 12.5 Å². The van der Waals surface area contributed by atoms with Gasteiger partial charge in [-0.1, -0.05) is 0 Å². The molecular formula is C18H20FN5O2. The van der Waals surface area contributed by atoms with Crippen molar-refractivity contribution in [3.05, 3.63) is 60.0 Å². The van der Waals surface area contributed by atoms with E-state index in [1.807, 2.05) is 6.07 Å². The number of pyridine rings is 1. The van der Waals surface area contributed by atoms with E-state index < -0.39 is 5.82 Å². The van der Waals surface area contributed by atoms with Gasteiger partial charge in [0.25, 0.3) is 5.88 Å². The van der Waals surface area contributed by atoms with Gasteiger partial charge in [0.05, 0.1) is 12.5 Å². The van der Waals surface area contributed by atoms with Crippen molar-refractivity contribution in [2.75, 3.05) is 6.54 Å². The first-order valence-corrected chi connectivity index (χ1v) is 8.60. The molecule has 0 saturated heterocycles. The lowest BCUT2D eigenvalue weighted by Crippen LogP contribution is -2.34. The Bertz CT molecular complexity index is 864. The normalized spacial score (nSPS) is 17.7. The molecule has 0 aromatic carbocycles. The third-order valence-corrected chi connectivity index (χ3v) is 4.64. The van der Waals surface area contributed by atoms with Gasteiger partial charge < -0.3 is 13.7 Å². The van der Waals surface area contributed by atoms with Crippen LogP contribution in [0.4, 0.5) is 4.39 Å². The molecule has 0 saturated carbocycles. The summed E-state index contributed by atoms with van der Waals surface area (Å²) >= 11 is 0. The molecule has 1 aliphatic heterocycles. The number of ether oxygens (including phenoxy) is 1. The monoisotopic (exact) mass is 357 g/mol. The van der Waals surface area contributed by atoms with Gasteiger partial charge in [-0.05, 0) is 25.1 Å². The van der Waals surface area contributed by atoms with Gasteiger partial charge in [-0.15, -0.1) is 10.2 Å². The summed E-state index contributed by atoms with van der Waals surface area (Å²) in [6.45, 7) is 4.78. The second-order valence-electron chi connectivity index (χ2n) is 6.42. The van der Waals surface area contributed by atoms with Crippen LogP contribution < -0.4 is 4.74 Å². The Balaban J connectivity index is 1.45. The summed E-state index contributed by atoms with van der Waals surface area (Å²) in [6.07, 6.45) is 5.76. The average molecular weight is 357 g/mol. The standard InChI is InChI=1S/C18H20FN5O2/c1-13-9-16-21-22-17(12-26-18-15(19)3-2-5-20-18)24(16)7-6-23(13)10-14-4-8-25-11-14/h2-5,8,11,13H,6-7,9-10,12H2,1H3. The minimum Gasteiger partial charge on any atom is -0.472 e. The van der Waals surface area contributed by atoms with Crippen LogP contribution in [0.5, 0.6) is 5.88 Å². The highest BCUT2D eigenvalue weighted by Crippen LogP contribution is 2.19. The van der Waals surface area contributed by atoms with Crippen molar-refractivity contribution in [2.24, 2.45) is 0 Å². The maximum absolute atomic E-state index is 13.7. The topological polar surface area (TPSA) is 69.2 Å². The van der Waals surface area contributed by atoms with Crippen molar-refractivity contribution in [3.63, 3.8) is 0 Å². The van der Waals surface area contributed by atoms with E-state index in [1.165, 1.54) is 18.3 Å². The molecule has 4 rings (SSSR count). The molecule has 0 bridgehead atoms. The molecule has 8 heteroatoms. The first-order valence-electron chi connectivity index (χ1n) is 8.60. The van der Waals surface area contributed by atoms with Crippen LogP contribution in [0.25, 0.3) is 0 Å². The van der Waals surface area contributed by atoms with Gasteiger partial charge in [-0.25, -0.2) is 9.37 Å². The van der Waals surface area contributed by atoms with Crippen LogP contribution in [-0.2, 0) is 26.1 Å². The Kier molecular flexibility index (Phi) is 4.66. The van der Waals surface area contributed by atoms with E-state index in [9.17, 15) is 4.39 Å². The van der Waals surface area contributed by atoms with Crippen molar-refractivity contribution in [1.29, 1.82) is 0 Å².